The molecule has 2 heterocycles. The van der Waals surface area contributed by atoms with Gasteiger partial charge in [0.2, 0.25) is 0 Å². The smallest absolute Gasteiger partial charge is 0.546 e. The predicted octanol–water partition coefficient (Wildman–Crippen LogP) is 5.17. The Hall–Kier alpha value is -4.67. The average Bonchev–Trinajstić information content (AvgIpc) is 3.39. The van der Waals surface area contributed by atoms with Crippen LogP contribution in [0.15, 0.2) is 65.2 Å². The number of fused-ring (bicyclic) bond motifs is 2. The summed E-state index contributed by atoms with van der Waals surface area (Å²) >= 11 is 0. The van der Waals surface area contributed by atoms with E-state index < -0.39 is 24.2 Å². The van der Waals surface area contributed by atoms with Crippen molar-refractivity contribution in [1.29, 1.82) is 0 Å². The van der Waals surface area contributed by atoms with E-state index in [4.69, 9.17) is 14.0 Å². The molecule has 0 fully saturated rings. The molecule has 5 aromatic rings. The van der Waals surface area contributed by atoms with Crippen molar-refractivity contribution in [2.24, 2.45) is 0 Å². The molecule has 0 radical (unpaired) electrons. The number of carboxylic acid groups (broad SMARTS) is 1. The van der Waals surface area contributed by atoms with Crippen LogP contribution in [0.3, 0.4) is 0 Å². The fourth-order valence-electron chi connectivity index (χ4n) is 4.40. The van der Waals surface area contributed by atoms with E-state index in [2.05, 4.69) is 9.89 Å². The van der Waals surface area contributed by atoms with Crippen LogP contribution in [0.5, 0.6) is 17.2 Å². The molecule has 0 amide bonds. The van der Waals surface area contributed by atoms with Crippen molar-refractivity contribution in [3.63, 3.8) is 0 Å². The third-order valence-corrected chi connectivity index (χ3v) is 6.05. The lowest BCUT2D eigenvalue weighted by atomic mass is 10.0. The van der Waals surface area contributed by atoms with E-state index in [1.165, 1.54) is 32.2 Å². The number of alkyl halides is 3. The van der Waals surface area contributed by atoms with Crippen LogP contribution in [-0.2, 0) is 4.79 Å². The number of aliphatic carboxylic acids is 1. The predicted molar refractivity (Wildman–Crippen MR) is 129 cm³/mol. The molecule has 196 valence electrons. The average molecular weight is 525 g/mol. The molecule has 3 aromatic carbocycles. The maximum absolute atomic E-state index is 13.0. The van der Waals surface area contributed by atoms with Gasteiger partial charge in [-0.3, -0.25) is 0 Å². The first kappa shape index (κ1) is 25.0. The number of hydrogen-bond acceptors (Lipinski definition) is 7. The number of carboxylic acids is 1. The molecule has 5 rings (SSSR count). The fourth-order valence-corrected chi connectivity index (χ4v) is 4.40. The number of benzene rings is 3. The molecule has 1 atom stereocenters. The fraction of sp³-hybridized carbons (Fsp3) is 0.185. The monoisotopic (exact) mass is 525 g/mol. The SMILES string of the molecule is COc1ccc2c(-c3c(C)n(-c4cccc(O[C@@H](C)C(=O)[O-])c4)c4cc(OC(F)(F)F)ccc34)noc2c1. The van der Waals surface area contributed by atoms with Crippen LogP contribution < -0.4 is 19.3 Å². The van der Waals surface area contributed by atoms with E-state index in [1.54, 1.807) is 54.0 Å². The highest BCUT2D eigenvalue weighted by atomic mass is 19.4. The number of nitrogens with zero attached hydrogens (tertiary/aromatic N) is 2. The van der Waals surface area contributed by atoms with Crippen LogP contribution in [0.4, 0.5) is 13.2 Å². The number of ether oxygens (including phenoxy) is 3. The van der Waals surface area contributed by atoms with Crippen LogP contribution in [0.2, 0.25) is 0 Å². The maximum atomic E-state index is 13.0. The minimum Gasteiger partial charge on any atom is -0.546 e. The van der Waals surface area contributed by atoms with Gasteiger partial charge in [-0.2, -0.15) is 0 Å². The number of halogens is 3. The third-order valence-electron chi connectivity index (χ3n) is 6.05. The first-order chi connectivity index (χ1) is 18.1. The zero-order valence-corrected chi connectivity index (χ0v) is 20.3. The molecule has 0 aliphatic carbocycles. The molecule has 0 saturated carbocycles. The Morgan fingerprint density at radius 3 is 2.47 bits per heavy atom. The van der Waals surface area contributed by atoms with Gasteiger partial charge in [-0.15, -0.1) is 13.2 Å². The first-order valence-electron chi connectivity index (χ1n) is 11.4. The Morgan fingerprint density at radius 2 is 1.76 bits per heavy atom. The largest absolute Gasteiger partial charge is 0.573 e. The summed E-state index contributed by atoms with van der Waals surface area (Å²) in [4.78, 5) is 11.2. The molecular weight excluding hydrogens is 505 g/mol. The number of methoxy groups -OCH3 is 1. The van der Waals surface area contributed by atoms with E-state index in [-0.39, 0.29) is 5.75 Å². The Bertz CT molecular complexity index is 1670. The highest BCUT2D eigenvalue weighted by Crippen LogP contribution is 2.41. The quantitative estimate of drug-likeness (QED) is 0.289. The van der Waals surface area contributed by atoms with Crippen LogP contribution >= 0.6 is 0 Å². The van der Waals surface area contributed by atoms with Gasteiger partial charge in [0.15, 0.2) is 5.58 Å². The molecule has 0 N–H and O–H groups in total. The Balaban J connectivity index is 1.74. The lowest BCUT2D eigenvalue weighted by Gasteiger charge is -2.17. The minimum absolute atomic E-state index is 0.240. The van der Waals surface area contributed by atoms with Crippen molar-refractivity contribution < 1.29 is 41.8 Å². The zero-order chi connectivity index (χ0) is 27.2. The van der Waals surface area contributed by atoms with Gasteiger partial charge in [0.05, 0.1) is 24.0 Å². The van der Waals surface area contributed by atoms with E-state index in [0.717, 1.165) is 0 Å². The Labute approximate surface area is 213 Å². The second-order valence-electron chi connectivity index (χ2n) is 8.49. The van der Waals surface area contributed by atoms with Gasteiger partial charge in [-0.1, -0.05) is 11.2 Å². The van der Waals surface area contributed by atoms with E-state index in [1.807, 2.05) is 0 Å². The molecule has 0 saturated heterocycles. The molecule has 0 aliphatic rings. The van der Waals surface area contributed by atoms with Crippen molar-refractivity contribution >= 4 is 27.8 Å². The molecule has 0 unspecified atom stereocenters. The summed E-state index contributed by atoms with van der Waals surface area (Å²) in [6, 6.07) is 15.8. The molecule has 8 nitrogen and oxygen atoms in total. The van der Waals surface area contributed by atoms with Gasteiger partial charge in [0, 0.05) is 40.5 Å². The number of carbonyl (C=O) groups is 1. The summed E-state index contributed by atoms with van der Waals surface area (Å²) in [5, 5.41) is 16.7. The molecule has 0 spiro atoms. The summed E-state index contributed by atoms with van der Waals surface area (Å²) in [5.74, 6) is -0.966. The molecule has 11 heteroatoms. The maximum Gasteiger partial charge on any atom is 0.573 e. The summed E-state index contributed by atoms with van der Waals surface area (Å²) in [6.45, 7) is 3.13. The minimum atomic E-state index is -4.88. The second kappa shape index (κ2) is 9.33. The van der Waals surface area contributed by atoms with Gasteiger partial charge in [0.1, 0.15) is 29.0 Å². The summed E-state index contributed by atoms with van der Waals surface area (Å²) in [6.07, 6.45) is -6.09. The highest BCUT2D eigenvalue weighted by molar-refractivity contribution is 6.05. The summed E-state index contributed by atoms with van der Waals surface area (Å²) in [5.41, 5.74) is 3.15. The first-order valence-corrected chi connectivity index (χ1v) is 11.4. The van der Waals surface area contributed by atoms with Crippen LogP contribution in [0.1, 0.15) is 12.6 Å². The van der Waals surface area contributed by atoms with Crippen molar-refractivity contribution in [3.8, 4) is 34.2 Å². The van der Waals surface area contributed by atoms with Gasteiger partial charge in [0.25, 0.3) is 0 Å². The Kier molecular flexibility index (Phi) is 6.14. The number of aromatic nitrogens is 2. The third kappa shape index (κ3) is 4.58. The molecule has 2 aromatic heterocycles. The van der Waals surface area contributed by atoms with E-state index in [9.17, 15) is 23.1 Å². The van der Waals surface area contributed by atoms with Gasteiger partial charge in [-0.05, 0) is 50.2 Å². The Morgan fingerprint density at radius 1 is 1.03 bits per heavy atom. The van der Waals surface area contributed by atoms with Crippen LogP contribution in [0, 0.1) is 6.92 Å². The van der Waals surface area contributed by atoms with Gasteiger partial charge >= 0.3 is 6.36 Å². The molecule has 38 heavy (non-hydrogen) atoms. The lowest BCUT2D eigenvalue weighted by molar-refractivity contribution is -0.312. The molecule has 0 bridgehead atoms. The van der Waals surface area contributed by atoms with Crippen molar-refractivity contribution in [3.05, 3.63) is 66.4 Å². The van der Waals surface area contributed by atoms with E-state index >= 15 is 0 Å². The summed E-state index contributed by atoms with van der Waals surface area (Å²) < 4.78 is 61.2. The van der Waals surface area contributed by atoms with Crippen molar-refractivity contribution in [2.75, 3.05) is 7.11 Å². The van der Waals surface area contributed by atoms with Crippen LogP contribution in [-0.4, -0.2) is 35.3 Å². The lowest BCUT2D eigenvalue weighted by Crippen LogP contribution is -2.37. The highest BCUT2D eigenvalue weighted by Gasteiger charge is 2.32. The summed E-state index contributed by atoms with van der Waals surface area (Å²) in [7, 11) is 1.53. The van der Waals surface area contributed by atoms with Gasteiger partial charge in [-0.25, -0.2) is 0 Å². The standard InChI is InChI=1S/C27H21F3N2O6/c1-14-24(25-21-10-7-17(35-3)13-23(21)38-31-25)20-9-8-19(37-27(28,29)30)12-22(20)32(14)16-5-4-6-18(11-16)36-15(2)26(33)34/h4-13,15H,1-3H3,(H,33,34)/p-1/t15-/m0/s1. The zero-order valence-electron chi connectivity index (χ0n) is 20.3. The van der Waals surface area contributed by atoms with Crippen molar-refractivity contribution in [1.82, 2.24) is 9.72 Å². The van der Waals surface area contributed by atoms with Crippen molar-refractivity contribution in [2.45, 2.75) is 26.3 Å². The molecule has 0 aliphatic heterocycles. The number of rotatable bonds is 7. The normalized spacial score (nSPS) is 12.6. The van der Waals surface area contributed by atoms with Crippen LogP contribution in [0.25, 0.3) is 38.8 Å². The van der Waals surface area contributed by atoms with Gasteiger partial charge < -0.3 is 33.2 Å². The number of hydrogen-bond donors (Lipinski definition) is 0. The molecular formula is C27H20F3N2O6-. The van der Waals surface area contributed by atoms with E-state index in [0.29, 0.717) is 50.3 Å². The second-order valence-corrected chi connectivity index (χ2v) is 8.49. The number of carbonyl (C=O) groups excluding carboxylic acids is 1. The topological polar surface area (TPSA) is 98.8 Å².